The van der Waals surface area contributed by atoms with E-state index in [9.17, 15) is 0 Å². The molecule has 3 nitrogen and oxygen atoms in total. The van der Waals surface area contributed by atoms with Gasteiger partial charge in [-0.15, -0.1) is 0 Å². The highest BCUT2D eigenvalue weighted by atomic mass is 16.5. The molecule has 0 saturated heterocycles. The number of aryl methyl sites for hydroxylation is 2. The average Bonchev–Trinajstić information content (AvgIpc) is 2.79. The molecule has 0 aliphatic carbocycles. The maximum Gasteiger partial charge on any atom is 0.119 e. The van der Waals surface area contributed by atoms with Crippen molar-refractivity contribution in [3.8, 4) is 17.0 Å². The Labute approximate surface area is 178 Å². The molecule has 0 spiro atoms. The molecule has 3 aromatic carbocycles. The fraction of sp³-hybridized carbons (Fsp3) is 0.222. The minimum Gasteiger partial charge on any atom is -0.497 e. The van der Waals surface area contributed by atoms with E-state index in [-0.39, 0.29) is 0 Å². The molecule has 0 amide bonds. The highest BCUT2D eigenvalue weighted by Gasteiger charge is 2.09. The van der Waals surface area contributed by atoms with Crippen LogP contribution in [0.2, 0.25) is 0 Å². The second-order valence-electron chi connectivity index (χ2n) is 7.56. The van der Waals surface area contributed by atoms with Crippen LogP contribution < -0.4 is 4.74 Å². The second kappa shape index (κ2) is 9.55. The topological polar surface area (TPSA) is 31.4 Å². The maximum atomic E-state index is 6.06. The van der Waals surface area contributed by atoms with Gasteiger partial charge in [-0.05, 0) is 55.2 Å². The van der Waals surface area contributed by atoms with Crippen molar-refractivity contribution in [2.45, 2.75) is 26.4 Å². The highest BCUT2D eigenvalue weighted by molar-refractivity contribution is 5.86. The Hall–Kier alpha value is -3.17. The predicted molar refractivity (Wildman–Crippen MR) is 123 cm³/mol. The number of pyridine rings is 1. The SMILES string of the molecule is COc1ccc2nc(-c3ccc(C)cc3)cc(COCCCc3ccccc3)c2c1. The van der Waals surface area contributed by atoms with E-state index >= 15 is 0 Å². The third-order valence-corrected chi connectivity index (χ3v) is 5.30. The predicted octanol–water partition coefficient (Wildman–Crippen LogP) is 6.37. The molecule has 0 aliphatic heterocycles. The van der Waals surface area contributed by atoms with Gasteiger partial charge in [0.2, 0.25) is 0 Å². The lowest BCUT2D eigenvalue weighted by molar-refractivity contribution is 0.119. The van der Waals surface area contributed by atoms with E-state index in [1.807, 2.05) is 18.2 Å². The summed E-state index contributed by atoms with van der Waals surface area (Å²) in [6, 6.07) is 27.2. The molecule has 1 heterocycles. The summed E-state index contributed by atoms with van der Waals surface area (Å²) >= 11 is 0. The van der Waals surface area contributed by atoms with Gasteiger partial charge in [0.25, 0.3) is 0 Å². The van der Waals surface area contributed by atoms with Crippen molar-refractivity contribution < 1.29 is 9.47 Å². The molecule has 0 bridgehead atoms. The standard InChI is InChI=1S/C27H27NO2/c1-20-10-12-22(13-11-20)27-17-23(25-18-24(29-2)14-15-26(25)28-27)19-30-16-6-9-21-7-4-3-5-8-21/h3-5,7-8,10-15,17-18H,6,9,16,19H2,1-2H3. The van der Waals surface area contributed by atoms with Crippen molar-refractivity contribution in [1.29, 1.82) is 0 Å². The first-order valence-corrected chi connectivity index (χ1v) is 10.4. The summed E-state index contributed by atoms with van der Waals surface area (Å²) in [5.74, 6) is 0.831. The average molecular weight is 398 g/mol. The Morgan fingerprint density at radius 1 is 0.867 bits per heavy atom. The number of ether oxygens (including phenoxy) is 2. The van der Waals surface area contributed by atoms with Gasteiger partial charge in [0, 0.05) is 17.6 Å². The van der Waals surface area contributed by atoms with Crippen LogP contribution >= 0.6 is 0 Å². The summed E-state index contributed by atoms with van der Waals surface area (Å²) in [5.41, 5.74) is 6.76. The zero-order chi connectivity index (χ0) is 20.8. The van der Waals surface area contributed by atoms with Gasteiger partial charge >= 0.3 is 0 Å². The Balaban J connectivity index is 1.53. The first-order chi connectivity index (χ1) is 14.7. The van der Waals surface area contributed by atoms with Crippen LogP contribution in [-0.2, 0) is 17.8 Å². The molecular weight excluding hydrogens is 370 g/mol. The molecule has 4 aromatic rings. The number of nitrogens with zero attached hydrogens (tertiary/aromatic N) is 1. The Morgan fingerprint density at radius 2 is 1.67 bits per heavy atom. The molecule has 1 aromatic heterocycles. The Morgan fingerprint density at radius 3 is 2.43 bits per heavy atom. The molecule has 30 heavy (non-hydrogen) atoms. The summed E-state index contributed by atoms with van der Waals surface area (Å²) in [6.07, 6.45) is 2.03. The third kappa shape index (κ3) is 4.87. The maximum absolute atomic E-state index is 6.06. The van der Waals surface area contributed by atoms with Crippen LogP contribution in [0.25, 0.3) is 22.2 Å². The second-order valence-corrected chi connectivity index (χ2v) is 7.56. The largest absolute Gasteiger partial charge is 0.497 e. The van der Waals surface area contributed by atoms with Crippen molar-refractivity contribution >= 4 is 10.9 Å². The lowest BCUT2D eigenvalue weighted by atomic mass is 10.0. The minimum atomic E-state index is 0.555. The van der Waals surface area contributed by atoms with Crippen LogP contribution in [0.5, 0.6) is 5.75 Å². The number of methoxy groups -OCH3 is 1. The number of hydrogen-bond acceptors (Lipinski definition) is 3. The normalized spacial score (nSPS) is 11.0. The van der Waals surface area contributed by atoms with E-state index in [1.165, 1.54) is 11.1 Å². The summed E-state index contributed by atoms with van der Waals surface area (Å²) in [7, 11) is 1.69. The highest BCUT2D eigenvalue weighted by Crippen LogP contribution is 2.28. The van der Waals surface area contributed by atoms with Crippen molar-refractivity contribution in [3.63, 3.8) is 0 Å². The van der Waals surface area contributed by atoms with E-state index < -0.39 is 0 Å². The van der Waals surface area contributed by atoms with E-state index in [4.69, 9.17) is 14.5 Å². The monoisotopic (exact) mass is 397 g/mol. The summed E-state index contributed by atoms with van der Waals surface area (Å²) in [4.78, 5) is 4.88. The van der Waals surface area contributed by atoms with Crippen LogP contribution in [0, 0.1) is 6.92 Å². The number of hydrogen-bond donors (Lipinski definition) is 0. The van der Waals surface area contributed by atoms with Crippen molar-refractivity contribution in [3.05, 3.63) is 95.6 Å². The minimum absolute atomic E-state index is 0.555. The smallest absolute Gasteiger partial charge is 0.119 e. The number of rotatable bonds is 8. The Kier molecular flexibility index (Phi) is 6.41. The van der Waals surface area contributed by atoms with E-state index in [0.717, 1.165) is 52.9 Å². The molecule has 4 rings (SSSR count). The van der Waals surface area contributed by atoms with Gasteiger partial charge in [0.05, 0.1) is 24.9 Å². The quantitative estimate of drug-likeness (QED) is 0.324. The fourth-order valence-electron chi connectivity index (χ4n) is 3.60. The van der Waals surface area contributed by atoms with Crippen LogP contribution in [0.1, 0.15) is 23.1 Å². The van der Waals surface area contributed by atoms with Crippen LogP contribution in [0.15, 0.2) is 78.9 Å². The van der Waals surface area contributed by atoms with Crippen molar-refractivity contribution in [1.82, 2.24) is 4.98 Å². The van der Waals surface area contributed by atoms with Gasteiger partial charge in [0.1, 0.15) is 5.75 Å². The van der Waals surface area contributed by atoms with Gasteiger partial charge in [-0.25, -0.2) is 4.98 Å². The number of aromatic nitrogens is 1. The molecule has 0 saturated carbocycles. The Bertz CT molecular complexity index is 1100. The molecule has 0 radical (unpaired) electrons. The number of fused-ring (bicyclic) bond motifs is 1. The van der Waals surface area contributed by atoms with Crippen LogP contribution in [0.3, 0.4) is 0 Å². The molecule has 0 N–H and O–H groups in total. The fourth-order valence-corrected chi connectivity index (χ4v) is 3.60. The lowest BCUT2D eigenvalue weighted by Crippen LogP contribution is -2.00. The first-order valence-electron chi connectivity index (χ1n) is 10.4. The van der Waals surface area contributed by atoms with E-state index in [0.29, 0.717) is 6.61 Å². The van der Waals surface area contributed by atoms with Crippen LogP contribution in [-0.4, -0.2) is 18.7 Å². The molecule has 3 heteroatoms. The molecule has 0 atom stereocenters. The van der Waals surface area contributed by atoms with Gasteiger partial charge in [-0.2, -0.15) is 0 Å². The lowest BCUT2D eigenvalue weighted by Gasteiger charge is -2.12. The van der Waals surface area contributed by atoms with Crippen molar-refractivity contribution in [2.24, 2.45) is 0 Å². The molecular formula is C27H27NO2. The molecule has 152 valence electrons. The number of benzene rings is 3. The van der Waals surface area contributed by atoms with Gasteiger partial charge in [-0.3, -0.25) is 0 Å². The van der Waals surface area contributed by atoms with Crippen LogP contribution in [0.4, 0.5) is 0 Å². The van der Waals surface area contributed by atoms with Gasteiger partial charge in [0.15, 0.2) is 0 Å². The zero-order valence-electron chi connectivity index (χ0n) is 17.6. The van der Waals surface area contributed by atoms with Gasteiger partial charge < -0.3 is 9.47 Å². The summed E-state index contributed by atoms with van der Waals surface area (Å²) < 4.78 is 11.5. The van der Waals surface area contributed by atoms with E-state index in [2.05, 4.69) is 67.6 Å². The zero-order valence-corrected chi connectivity index (χ0v) is 17.6. The first kappa shape index (κ1) is 20.1. The summed E-state index contributed by atoms with van der Waals surface area (Å²) in [6.45, 7) is 3.38. The third-order valence-electron chi connectivity index (χ3n) is 5.30. The van der Waals surface area contributed by atoms with Gasteiger partial charge in [-0.1, -0.05) is 60.2 Å². The summed E-state index contributed by atoms with van der Waals surface area (Å²) in [5, 5.41) is 1.08. The van der Waals surface area contributed by atoms with Crippen molar-refractivity contribution in [2.75, 3.05) is 13.7 Å². The molecule has 0 unspecified atom stereocenters. The van der Waals surface area contributed by atoms with E-state index in [1.54, 1.807) is 7.11 Å². The molecule has 0 aliphatic rings. The molecule has 0 fully saturated rings.